The van der Waals surface area contributed by atoms with Crippen molar-refractivity contribution in [2.75, 3.05) is 18.0 Å². The summed E-state index contributed by atoms with van der Waals surface area (Å²) in [5.41, 5.74) is -1.23. The number of aliphatic hydroxyl groups excluding tert-OH is 1. The molecule has 0 aliphatic carbocycles. The first-order valence-electron chi connectivity index (χ1n) is 7.93. The van der Waals surface area contributed by atoms with E-state index in [9.17, 15) is 23.1 Å². The van der Waals surface area contributed by atoms with Crippen molar-refractivity contribution in [2.45, 2.75) is 25.6 Å². The van der Waals surface area contributed by atoms with Gasteiger partial charge in [-0.25, -0.2) is 4.98 Å². The van der Waals surface area contributed by atoms with Gasteiger partial charge >= 0.3 is 6.18 Å². The lowest BCUT2D eigenvalue weighted by Gasteiger charge is -2.35. The van der Waals surface area contributed by atoms with E-state index in [1.807, 2.05) is 6.92 Å². The van der Waals surface area contributed by atoms with Crippen LogP contribution in [0.1, 0.15) is 18.9 Å². The average Bonchev–Trinajstić information content (AvgIpc) is 2.59. The summed E-state index contributed by atoms with van der Waals surface area (Å²) in [5.74, 6) is 0.0819. The zero-order valence-corrected chi connectivity index (χ0v) is 14.5. The minimum atomic E-state index is -4.52. The van der Waals surface area contributed by atoms with Crippen LogP contribution < -0.4 is 10.5 Å². The van der Waals surface area contributed by atoms with Crippen LogP contribution in [0.25, 0.3) is 5.82 Å². The number of anilines is 1. The Morgan fingerprint density at radius 1 is 1.31 bits per heavy atom. The molecule has 2 aromatic rings. The van der Waals surface area contributed by atoms with Gasteiger partial charge in [0.2, 0.25) is 0 Å². The first-order chi connectivity index (χ1) is 12.2. The highest BCUT2D eigenvalue weighted by Gasteiger charge is 2.31. The minimum Gasteiger partial charge on any atom is -0.391 e. The molecule has 0 aromatic carbocycles. The van der Waals surface area contributed by atoms with Gasteiger partial charge in [0.25, 0.3) is 5.56 Å². The molecule has 0 radical (unpaired) electrons. The SMILES string of the molecule is CC1CCN(c2cnn(-c3ccc(C(F)(F)F)cn3)c(=O)c2Cl)CC1O. The molecule has 1 aliphatic heterocycles. The fourth-order valence-corrected chi connectivity index (χ4v) is 3.00. The summed E-state index contributed by atoms with van der Waals surface area (Å²) >= 11 is 6.17. The molecule has 2 atom stereocenters. The molecule has 1 saturated heterocycles. The monoisotopic (exact) mass is 388 g/mol. The third-order valence-corrected chi connectivity index (χ3v) is 4.81. The zero-order valence-electron chi connectivity index (χ0n) is 13.7. The second-order valence-corrected chi connectivity index (χ2v) is 6.62. The molecular weight excluding hydrogens is 373 g/mol. The van der Waals surface area contributed by atoms with E-state index in [0.717, 1.165) is 23.2 Å². The van der Waals surface area contributed by atoms with E-state index in [4.69, 9.17) is 11.6 Å². The number of aromatic nitrogens is 3. The highest BCUT2D eigenvalue weighted by atomic mass is 35.5. The Morgan fingerprint density at radius 3 is 2.62 bits per heavy atom. The molecule has 10 heteroatoms. The van der Waals surface area contributed by atoms with E-state index in [1.165, 1.54) is 6.20 Å². The maximum atomic E-state index is 12.6. The van der Waals surface area contributed by atoms with Crippen molar-refractivity contribution in [3.63, 3.8) is 0 Å². The molecule has 0 amide bonds. The van der Waals surface area contributed by atoms with E-state index in [0.29, 0.717) is 25.0 Å². The van der Waals surface area contributed by atoms with Gasteiger partial charge in [-0.15, -0.1) is 0 Å². The highest BCUT2D eigenvalue weighted by molar-refractivity contribution is 6.33. The summed E-state index contributed by atoms with van der Waals surface area (Å²) in [7, 11) is 0. The summed E-state index contributed by atoms with van der Waals surface area (Å²) in [6.45, 7) is 2.88. The maximum Gasteiger partial charge on any atom is 0.417 e. The Labute approximate surface area is 151 Å². The molecule has 6 nitrogen and oxygen atoms in total. The van der Waals surface area contributed by atoms with Crippen LogP contribution >= 0.6 is 11.6 Å². The summed E-state index contributed by atoms with van der Waals surface area (Å²) in [5, 5.41) is 13.9. The van der Waals surface area contributed by atoms with Crippen LogP contribution in [0, 0.1) is 5.92 Å². The molecule has 3 heterocycles. The molecular formula is C16H16ClF3N4O2. The van der Waals surface area contributed by atoms with Gasteiger partial charge in [-0.05, 0) is 24.5 Å². The van der Waals surface area contributed by atoms with Crippen LogP contribution in [0.15, 0.2) is 29.3 Å². The van der Waals surface area contributed by atoms with Gasteiger partial charge in [0.1, 0.15) is 5.02 Å². The maximum absolute atomic E-state index is 12.6. The van der Waals surface area contributed by atoms with Crippen LogP contribution in [0.3, 0.4) is 0 Å². The molecule has 0 spiro atoms. The Balaban J connectivity index is 1.92. The van der Waals surface area contributed by atoms with Crippen molar-refractivity contribution in [1.29, 1.82) is 0 Å². The summed E-state index contributed by atoms with van der Waals surface area (Å²) in [4.78, 5) is 17.9. The molecule has 1 aliphatic rings. The summed E-state index contributed by atoms with van der Waals surface area (Å²) in [6.07, 6.45) is -2.34. The van der Waals surface area contributed by atoms with E-state index in [2.05, 4.69) is 10.1 Å². The number of hydrogen-bond acceptors (Lipinski definition) is 5. The standard InChI is InChI=1S/C16H16ClF3N4O2/c1-9-4-5-23(8-12(9)25)11-7-22-24(15(26)14(11)17)13-3-2-10(6-21-13)16(18,19)20/h2-3,6-7,9,12,25H,4-5,8H2,1H3. The Kier molecular flexibility index (Phi) is 4.94. The lowest BCUT2D eigenvalue weighted by Crippen LogP contribution is -2.43. The minimum absolute atomic E-state index is 0.0660. The van der Waals surface area contributed by atoms with Crippen LogP contribution in [-0.2, 0) is 6.18 Å². The van der Waals surface area contributed by atoms with Crippen molar-refractivity contribution in [3.05, 3.63) is 45.5 Å². The van der Waals surface area contributed by atoms with Crippen molar-refractivity contribution in [1.82, 2.24) is 14.8 Å². The summed E-state index contributed by atoms with van der Waals surface area (Å²) < 4.78 is 38.7. The van der Waals surface area contributed by atoms with E-state index in [-0.39, 0.29) is 16.8 Å². The quantitative estimate of drug-likeness (QED) is 0.856. The predicted molar refractivity (Wildman–Crippen MR) is 89.6 cm³/mol. The Morgan fingerprint density at radius 2 is 2.04 bits per heavy atom. The number of alkyl halides is 3. The second kappa shape index (κ2) is 6.88. The van der Waals surface area contributed by atoms with Gasteiger partial charge in [-0.2, -0.15) is 23.0 Å². The van der Waals surface area contributed by atoms with Gasteiger partial charge in [-0.1, -0.05) is 18.5 Å². The molecule has 2 unspecified atom stereocenters. The molecule has 140 valence electrons. The lowest BCUT2D eigenvalue weighted by atomic mass is 9.96. The lowest BCUT2D eigenvalue weighted by molar-refractivity contribution is -0.137. The molecule has 26 heavy (non-hydrogen) atoms. The van der Waals surface area contributed by atoms with Gasteiger partial charge < -0.3 is 10.0 Å². The normalized spacial score (nSPS) is 21.1. The van der Waals surface area contributed by atoms with Crippen molar-refractivity contribution in [2.24, 2.45) is 5.92 Å². The Bertz CT molecular complexity index is 854. The molecule has 2 aromatic heterocycles. The number of aliphatic hydroxyl groups is 1. The summed E-state index contributed by atoms with van der Waals surface area (Å²) in [6, 6.07) is 1.88. The number of hydrogen-bond donors (Lipinski definition) is 1. The van der Waals surface area contributed by atoms with Crippen LogP contribution in [-0.4, -0.2) is 39.1 Å². The third-order valence-electron chi connectivity index (χ3n) is 4.45. The highest BCUT2D eigenvalue weighted by Crippen LogP contribution is 2.29. The largest absolute Gasteiger partial charge is 0.417 e. The Hall–Kier alpha value is -2.13. The molecule has 1 N–H and O–H groups in total. The fourth-order valence-electron chi connectivity index (χ4n) is 2.75. The topological polar surface area (TPSA) is 71.2 Å². The van der Waals surface area contributed by atoms with E-state index in [1.54, 1.807) is 4.90 Å². The first kappa shape index (κ1) is 18.7. The fraction of sp³-hybridized carbons (Fsp3) is 0.438. The van der Waals surface area contributed by atoms with E-state index < -0.39 is 23.4 Å². The molecule has 3 rings (SSSR count). The van der Waals surface area contributed by atoms with Gasteiger partial charge in [0.15, 0.2) is 5.82 Å². The number of β-amino-alcohol motifs (C(OH)–C–C–N with tert-alkyl or cyclic N) is 1. The first-order valence-corrected chi connectivity index (χ1v) is 8.30. The third kappa shape index (κ3) is 3.54. The van der Waals surface area contributed by atoms with Crippen LogP contribution in [0.2, 0.25) is 5.02 Å². The van der Waals surface area contributed by atoms with Crippen molar-refractivity contribution in [3.8, 4) is 5.82 Å². The van der Waals surface area contributed by atoms with Gasteiger partial charge in [0, 0.05) is 19.3 Å². The average molecular weight is 389 g/mol. The smallest absolute Gasteiger partial charge is 0.391 e. The number of piperidine rings is 1. The molecule has 0 saturated carbocycles. The molecule has 1 fully saturated rings. The second-order valence-electron chi connectivity index (χ2n) is 6.24. The van der Waals surface area contributed by atoms with Crippen molar-refractivity contribution >= 4 is 17.3 Å². The van der Waals surface area contributed by atoms with Crippen molar-refractivity contribution < 1.29 is 18.3 Å². The van der Waals surface area contributed by atoms with Gasteiger partial charge in [-0.3, -0.25) is 4.79 Å². The zero-order chi connectivity index (χ0) is 19.1. The number of nitrogens with zero attached hydrogens (tertiary/aromatic N) is 4. The number of halogens is 4. The van der Waals surface area contributed by atoms with Crippen LogP contribution in [0.4, 0.5) is 18.9 Å². The predicted octanol–water partition coefficient (Wildman–Crippen LogP) is 2.51. The molecule has 0 bridgehead atoms. The number of rotatable bonds is 2. The van der Waals surface area contributed by atoms with E-state index >= 15 is 0 Å². The number of pyridine rings is 1. The van der Waals surface area contributed by atoms with Gasteiger partial charge in [0.05, 0.1) is 23.6 Å². The van der Waals surface area contributed by atoms with Crippen LogP contribution in [0.5, 0.6) is 0 Å².